The summed E-state index contributed by atoms with van der Waals surface area (Å²) in [6.45, 7) is 3.53. The van der Waals surface area contributed by atoms with E-state index in [1.165, 1.54) is 6.92 Å². The number of carbonyl (C=O) groups is 1. The van der Waals surface area contributed by atoms with Crippen molar-refractivity contribution in [1.82, 2.24) is 0 Å². The maximum atomic E-state index is 10.7. The van der Waals surface area contributed by atoms with Gasteiger partial charge in [0.1, 0.15) is 5.03 Å². The normalized spacial score (nSPS) is 12.4. The van der Waals surface area contributed by atoms with Gasteiger partial charge >= 0.3 is 5.97 Å². The lowest BCUT2D eigenvalue weighted by Crippen LogP contribution is -2.04. The maximum absolute atomic E-state index is 10.7. The molecule has 0 saturated carbocycles. The maximum Gasteiger partial charge on any atom is 0.350 e. The van der Waals surface area contributed by atoms with E-state index in [2.05, 4.69) is 4.74 Å². The Morgan fingerprint density at radius 3 is 2.30 bits per heavy atom. The molecule has 0 aliphatic carbocycles. The van der Waals surface area contributed by atoms with Crippen LogP contribution in [0.1, 0.15) is 13.8 Å². The third-order valence-electron chi connectivity index (χ3n) is 0.757. The summed E-state index contributed by atoms with van der Waals surface area (Å²) in [6, 6.07) is 0. The molecule has 2 nitrogen and oxygen atoms in total. The average molecular weight is 183 g/mol. The molecule has 10 heavy (non-hydrogen) atoms. The molecule has 0 spiro atoms. The van der Waals surface area contributed by atoms with Gasteiger partial charge in [0.2, 0.25) is 0 Å². The van der Waals surface area contributed by atoms with Crippen molar-refractivity contribution in [2.45, 2.75) is 13.8 Å². The van der Waals surface area contributed by atoms with E-state index in [-0.39, 0.29) is 10.1 Å². The molecule has 0 fully saturated rings. The smallest absolute Gasteiger partial charge is 0.350 e. The monoisotopic (exact) mass is 182 g/mol. The van der Waals surface area contributed by atoms with E-state index in [0.29, 0.717) is 6.61 Å². The highest BCUT2D eigenvalue weighted by molar-refractivity contribution is 6.47. The standard InChI is InChI=1S/C6H8Cl2O2/c1-3-10-6(9)5(8)4(2)7/h3H2,1-2H3. The summed E-state index contributed by atoms with van der Waals surface area (Å²) in [7, 11) is 0. The van der Waals surface area contributed by atoms with Gasteiger partial charge in [0.15, 0.2) is 0 Å². The number of hydrogen-bond acceptors (Lipinski definition) is 2. The van der Waals surface area contributed by atoms with Crippen molar-refractivity contribution < 1.29 is 9.53 Å². The van der Waals surface area contributed by atoms with Crippen LogP contribution < -0.4 is 0 Å². The van der Waals surface area contributed by atoms with Crippen molar-refractivity contribution in [1.29, 1.82) is 0 Å². The number of esters is 1. The van der Waals surface area contributed by atoms with Crippen LogP contribution in [0.2, 0.25) is 0 Å². The molecule has 4 heteroatoms. The van der Waals surface area contributed by atoms with Crippen LogP contribution in [0.4, 0.5) is 0 Å². The zero-order chi connectivity index (χ0) is 8.15. The van der Waals surface area contributed by atoms with Gasteiger partial charge in [-0.05, 0) is 13.8 Å². The minimum absolute atomic E-state index is 0.0523. The third kappa shape index (κ3) is 3.08. The van der Waals surface area contributed by atoms with Crippen LogP contribution in [0, 0.1) is 0 Å². The Kier molecular flexibility index (Phi) is 4.49. The van der Waals surface area contributed by atoms with Crippen molar-refractivity contribution in [2.24, 2.45) is 0 Å². The van der Waals surface area contributed by atoms with Gasteiger partial charge in [-0.25, -0.2) is 4.79 Å². The summed E-state index contributed by atoms with van der Waals surface area (Å²) >= 11 is 10.8. The molecule has 0 N–H and O–H groups in total. The minimum Gasteiger partial charge on any atom is -0.462 e. The molecule has 0 unspecified atom stereocenters. The quantitative estimate of drug-likeness (QED) is 0.484. The minimum atomic E-state index is -0.573. The molecular formula is C6H8Cl2O2. The second-order valence-corrected chi connectivity index (χ2v) is 2.51. The second-order valence-electron chi connectivity index (χ2n) is 1.57. The highest BCUT2D eigenvalue weighted by atomic mass is 35.5. The van der Waals surface area contributed by atoms with Crippen molar-refractivity contribution in [3.05, 3.63) is 10.1 Å². The lowest BCUT2D eigenvalue weighted by molar-refractivity contribution is -0.137. The lowest BCUT2D eigenvalue weighted by atomic mass is 10.5. The summed E-state index contributed by atoms with van der Waals surface area (Å²) in [5, 5.41) is 0.198. The first-order valence-electron chi connectivity index (χ1n) is 2.78. The highest BCUT2D eigenvalue weighted by Gasteiger charge is 2.08. The molecule has 0 aromatic carbocycles. The SMILES string of the molecule is CCOC(=O)C(Cl)=C(C)Cl. The van der Waals surface area contributed by atoms with Crippen LogP contribution in [0.5, 0.6) is 0 Å². The van der Waals surface area contributed by atoms with Crippen molar-refractivity contribution in [3.8, 4) is 0 Å². The zero-order valence-electron chi connectivity index (χ0n) is 5.78. The fourth-order valence-corrected chi connectivity index (χ4v) is 0.467. The van der Waals surface area contributed by atoms with Crippen LogP contribution in [0.15, 0.2) is 10.1 Å². The first kappa shape index (κ1) is 9.79. The van der Waals surface area contributed by atoms with Crippen LogP contribution in [0.3, 0.4) is 0 Å². The first-order chi connectivity index (χ1) is 4.59. The second kappa shape index (κ2) is 4.58. The van der Waals surface area contributed by atoms with Crippen LogP contribution in [-0.4, -0.2) is 12.6 Å². The van der Waals surface area contributed by atoms with E-state index in [1.54, 1.807) is 6.92 Å². The van der Waals surface area contributed by atoms with E-state index in [1.807, 2.05) is 0 Å². The fourth-order valence-electron chi connectivity index (χ4n) is 0.335. The Bertz CT molecular complexity index is 159. The molecule has 0 aromatic heterocycles. The van der Waals surface area contributed by atoms with Crippen LogP contribution >= 0.6 is 23.2 Å². The van der Waals surface area contributed by atoms with Crippen LogP contribution in [0.25, 0.3) is 0 Å². The number of carbonyl (C=O) groups excluding carboxylic acids is 1. The number of ether oxygens (including phenoxy) is 1. The molecule has 0 saturated heterocycles. The van der Waals surface area contributed by atoms with Gasteiger partial charge in [-0.15, -0.1) is 0 Å². The van der Waals surface area contributed by atoms with Gasteiger partial charge in [0.25, 0.3) is 0 Å². The van der Waals surface area contributed by atoms with Gasteiger partial charge in [-0.1, -0.05) is 23.2 Å². The highest BCUT2D eigenvalue weighted by Crippen LogP contribution is 2.13. The van der Waals surface area contributed by atoms with Gasteiger partial charge < -0.3 is 4.74 Å². The average Bonchev–Trinajstić information content (AvgIpc) is 1.87. The van der Waals surface area contributed by atoms with Crippen LogP contribution in [-0.2, 0) is 9.53 Å². The van der Waals surface area contributed by atoms with E-state index < -0.39 is 5.97 Å². The van der Waals surface area contributed by atoms with Gasteiger partial charge in [-0.3, -0.25) is 0 Å². The molecule has 0 radical (unpaired) electrons. The summed E-state index contributed by atoms with van der Waals surface area (Å²) in [4.78, 5) is 10.7. The Hall–Kier alpha value is -0.210. The molecular weight excluding hydrogens is 175 g/mol. The first-order valence-corrected chi connectivity index (χ1v) is 3.54. The molecule has 0 atom stereocenters. The predicted octanol–water partition coefficient (Wildman–Crippen LogP) is 2.26. The van der Waals surface area contributed by atoms with Crippen molar-refractivity contribution >= 4 is 29.2 Å². The fraction of sp³-hybridized carbons (Fsp3) is 0.500. The Morgan fingerprint density at radius 2 is 2.00 bits per heavy atom. The molecule has 0 aliphatic rings. The number of hydrogen-bond donors (Lipinski definition) is 0. The molecule has 0 heterocycles. The Labute approximate surface area is 69.8 Å². The molecule has 0 aromatic rings. The molecule has 0 bridgehead atoms. The number of allylic oxidation sites excluding steroid dienone is 1. The van der Waals surface area contributed by atoms with Gasteiger partial charge in [0, 0.05) is 5.03 Å². The van der Waals surface area contributed by atoms with E-state index >= 15 is 0 Å². The summed E-state index contributed by atoms with van der Waals surface area (Å²) in [6.07, 6.45) is 0. The summed E-state index contributed by atoms with van der Waals surface area (Å²) < 4.78 is 4.55. The van der Waals surface area contributed by atoms with Gasteiger partial charge in [-0.2, -0.15) is 0 Å². The van der Waals surface area contributed by atoms with Crippen molar-refractivity contribution in [3.63, 3.8) is 0 Å². The zero-order valence-corrected chi connectivity index (χ0v) is 7.29. The molecule has 0 rings (SSSR count). The molecule has 58 valence electrons. The van der Waals surface area contributed by atoms with E-state index in [4.69, 9.17) is 23.2 Å². The molecule has 0 amide bonds. The summed E-state index contributed by atoms with van der Waals surface area (Å²) in [5.74, 6) is -0.573. The number of halogens is 2. The van der Waals surface area contributed by atoms with Gasteiger partial charge in [0.05, 0.1) is 6.61 Å². The topological polar surface area (TPSA) is 26.3 Å². The van der Waals surface area contributed by atoms with E-state index in [0.717, 1.165) is 0 Å². The Balaban J connectivity index is 4.09. The third-order valence-corrected chi connectivity index (χ3v) is 1.48. The van der Waals surface area contributed by atoms with Crippen molar-refractivity contribution in [2.75, 3.05) is 6.61 Å². The summed E-state index contributed by atoms with van der Waals surface area (Å²) in [5.41, 5.74) is 0. The predicted molar refractivity (Wildman–Crippen MR) is 41.0 cm³/mol. The Morgan fingerprint density at radius 1 is 1.50 bits per heavy atom. The lowest BCUT2D eigenvalue weighted by Gasteiger charge is -1.98. The number of rotatable bonds is 2. The molecule has 0 aliphatic heterocycles. The van der Waals surface area contributed by atoms with E-state index in [9.17, 15) is 4.79 Å². The largest absolute Gasteiger partial charge is 0.462 e.